The fourth-order valence-corrected chi connectivity index (χ4v) is 5.99. The number of hydrogen-bond donors (Lipinski definition) is 0. The van der Waals surface area contributed by atoms with E-state index in [0.717, 1.165) is 40.7 Å². The summed E-state index contributed by atoms with van der Waals surface area (Å²) in [7, 11) is 0. The second kappa shape index (κ2) is 11.3. The van der Waals surface area contributed by atoms with E-state index in [2.05, 4.69) is 67.8 Å². The van der Waals surface area contributed by atoms with Gasteiger partial charge in [0, 0.05) is 3.57 Å². The Morgan fingerprint density at radius 2 is 1.74 bits per heavy atom. The monoisotopic (exact) mass is 775 g/mol. The highest BCUT2D eigenvalue weighted by atomic mass is 127. The van der Waals surface area contributed by atoms with Crippen LogP contribution in [-0.4, -0.2) is 35.2 Å². The van der Waals surface area contributed by atoms with Crippen molar-refractivity contribution in [3.63, 3.8) is 0 Å². The Hall–Kier alpha value is -0.870. The number of rotatable bonds is 7. The standard InChI is InChI=1S/C21H16I3NO5S/c1-2-29-18(26)10-25-20(27)17(31-21(25)28)9-13-7-15(23)19(16(24)8-13)30-11-12-3-5-14(22)6-4-12/h3-9H,2,10-11H2,1H3/b17-9+. The molecule has 1 aliphatic rings. The van der Waals surface area contributed by atoms with E-state index in [1.165, 1.54) is 3.57 Å². The van der Waals surface area contributed by atoms with Crippen LogP contribution in [0.3, 0.4) is 0 Å². The van der Waals surface area contributed by atoms with E-state index in [1.54, 1.807) is 13.0 Å². The third-order valence-corrected chi connectivity index (χ3v) is 7.31. The molecule has 31 heavy (non-hydrogen) atoms. The number of esters is 1. The first kappa shape index (κ1) is 24.8. The molecule has 162 valence electrons. The lowest BCUT2D eigenvalue weighted by Gasteiger charge is -2.12. The first-order valence-corrected chi connectivity index (χ1v) is 13.1. The molecule has 0 radical (unpaired) electrons. The van der Waals surface area contributed by atoms with Crippen molar-refractivity contribution in [1.82, 2.24) is 4.90 Å². The molecule has 0 N–H and O–H groups in total. The lowest BCUT2D eigenvalue weighted by atomic mass is 10.2. The lowest BCUT2D eigenvalue weighted by Crippen LogP contribution is -2.34. The second-order valence-electron chi connectivity index (χ2n) is 6.30. The predicted octanol–water partition coefficient (Wildman–Crippen LogP) is 5.68. The molecule has 1 heterocycles. The molecular weight excluding hydrogens is 759 g/mol. The number of ether oxygens (including phenoxy) is 2. The van der Waals surface area contributed by atoms with Crippen LogP contribution in [0.4, 0.5) is 4.79 Å². The highest BCUT2D eigenvalue weighted by Gasteiger charge is 2.36. The van der Waals surface area contributed by atoms with Crippen LogP contribution in [0.2, 0.25) is 0 Å². The highest BCUT2D eigenvalue weighted by molar-refractivity contribution is 14.1. The summed E-state index contributed by atoms with van der Waals surface area (Å²) in [4.78, 5) is 37.5. The third-order valence-electron chi connectivity index (χ3n) is 4.08. The van der Waals surface area contributed by atoms with Gasteiger partial charge in [-0.15, -0.1) is 0 Å². The van der Waals surface area contributed by atoms with E-state index in [1.807, 2.05) is 36.4 Å². The van der Waals surface area contributed by atoms with Crippen molar-refractivity contribution in [1.29, 1.82) is 0 Å². The van der Waals surface area contributed by atoms with Gasteiger partial charge >= 0.3 is 5.97 Å². The number of halogens is 3. The van der Waals surface area contributed by atoms with Gasteiger partial charge in [0.05, 0.1) is 18.7 Å². The molecule has 0 aromatic heterocycles. The van der Waals surface area contributed by atoms with Crippen LogP contribution >= 0.6 is 79.5 Å². The van der Waals surface area contributed by atoms with E-state index in [0.29, 0.717) is 6.61 Å². The van der Waals surface area contributed by atoms with Crippen molar-refractivity contribution in [3.8, 4) is 5.75 Å². The Morgan fingerprint density at radius 1 is 1.10 bits per heavy atom. The van der Waals surface area contributed by atoms with Gasteiger partial charge in [-0.25, -0.2) is 0 Å². The van der Waals surface area contributed by atoms with Gasteiger partial charge in [0.25, 0.3) is 11.1 Å². The Bertz CT molecular complexity index is 1030. The van der Waals surface area contributed by atoms with Gasteiger partial charge in [-0.1, -0.05) is 12.1 Å². The molecule has 0 saturated carbocycles. The Morgan fingerprint density at radius 3 is 2.35 bits per heavy atom. The van der Waals surface area contributed by atoms with E-state index in [4.69, 9.17) is 9.47 Å². The van der Waals surface area contributed by atoms with Crippen LogP contribution in [0.15, 0.2) is 41.3 Å². The number of amides is 2. The number of thioether (sulfide) groups is 1. The average molecular weight is 775 g/mol. The van der Waals surface area contributed by atoms with Gasteiger partial charge < -0.3 is 9.47 Å². The number of nitrogens with zero attached hydrogens (tertiary/aromatic N) is 1. The topological polar surface area (TPSA) is 72.9 Å². The van der Waals surface area contributed by atoms with Crippen molar-refractivity contribution >= 4 is 103 Å². The second-order valence-corrected chi connectivity index (χ2v) is 10.9. The number of benzene rings is 2. The van der Waals surface area contributed by atoms with Gasteiger partial charge in [-0.3, -0.25) is 19.3 Å². The number of carbonyl (C=O) groups excluding carboxylic acids is 3. The minimum atomic E-state index is -0.607. The van der Waals surface area contributed by atoms with Crippen molar-refractivity contribution < 1.29 is 23.9 Å². The van der Waals surface area contributed by atoms with Crippen molar-refractivity contribution in [2.24, 2.45) is 0 Å². The van der Waals surface area contributed by atoms with Gasteiger partial charge in [0.1, 0.15) is 18.9 Å². The molecule has 1 fully saturated rings. The molecule has 0 spiro atoms. The highest BCUT2D eigenvalue weighted by Crippen LogP contribution is 2.35. The van der Waals surface area contributed by atoms with E-state index < -0.39 is 17.1 Å². The molecular formula is C21H16I3NO5S. The van der Waals surface area contributed by atoms with E-state index in [9.17, 15) is 14.4 Å². The van der Waals surface area contributed by atoms with Crippen molar-refractivity contribution in [2.45, 2.75) is 13.5 Å². The predicted molar refractivity (Wildman–Crippen MR) is 145 cm³/mol. The number of imide groups is 1. The molecule has 0 bridgehead atoms. The molecule has 6 nitrogen and oxygen atoms in total. The quantitative estimate of drug-likeness (QED) is 0.205. The van der Waals surface area contributed by atoms with Crippen LogP contribution in [0.25, 0.3) is 6.08 Å². The number of carbonyl (C=O) groups is 3. The van der Waals surface area contributed by atoms with Crippen LogP contribution in [0, 0.1) is 10.7 Å². The summed E-state index contributed by atoms with van der Waals surface area (Å²) in [5, 5.41) is -0.480. The Labute approximate surface area is 224 Å². The van der Waals surface area contributed by atoms with E-state index in [-0.39, 0.29) is 18.1 Å². The first-order valence-electron chi connectivity index (χ1n) is 9.05. The smallest absolute Gasteiger partial charge is 0.326 e. The molecule has 1 saturated heterocycles. The Kier molecular flexibility index (Phi) is 9.04. The molecule has 2 amide bonds. The molecule has 0 aliphatic carbocycles. The fourth-order valence-electron chi connectivity index (χ4n) is 2.66. The normalized spacial score (nSPS) is 15.0. The maximum atomic E-state index is 12.6. The molecule has 2 aromatic carbocycles. The third kappa shape index (κ3) is 6.57. The SMILES string of the molecule is CCOC(=O)CN1C(=O)S/C(=C/c2cc(I)c(OCc3ccc(I)cc3)c(I)c2)C1=O. The maximum Gasteiger partial charge on any atom is 0.326 e. The zero-order valence-corrected chi connectivity index (χ0v) is 23.5. The van der Waals surface area contributed by atoms with Gasteiger partial charge in [0.15, 0.2) is 0 Å². The lowest BCUT2D eigenvalue weighted by molar-refractivity contribution is -0.145. The molecule has 0 atom stereocenters. The van der Waals surface area contributed by atoms with E-state index >= 15 is 0 Å². The largest absolute Gasteiger partial charge is 0.487 e. The first-order chi connectivity index (χ1) is 14.8. The minimum absolute atomic E-state index is 0.194. The van der Waals surface area contributed by atoms with Gasteiger partial charge in [-0.05, 0) is 128 Å². The zero-order valence-electron chi connectivity index (χ0n) is 16.2. The van der Waals surface area contributed by atoms with Gasteiger partial charge in [-0.2, -0.15) is 0 Å². The van der Waals surface area contributed by atoms with Crippen LogP contribution < -0.4 is 4.74 Å². The molecule has 2 aromatic rings. The summed E-state index contributed by atoms with van der Waals surface area (Å²) < 4.78 is 13.8. The number of hydrogen-bond acceptors (Lipinski definition) is 6. The average Bonchev–Trinajstić information content (AvgIpc) is 2.96. The fraction of sp³-hybridized carbons (Fsp3) is 0.190. The molecule has 1 aliphatic heterocycles. The molecule has 3 rings (SSSR count). The van der Waals surface area contributed by atoms with Crippen LogP contribution in [-0.2, 0) is 20.9 Å². The van der Waals surface area contributed by atoms with Gasteiger partial charge in [0.2, 0.25) is 0 Å². The zero-order chi connectivity index (χ0) is 22.5. The summed E-state index contributed by atoms with van der Waals surface area (Å²) in [5.41, 5.74) is 1.85. The summed E-state index contributed by atoms with van der Waals surface area (Å²) in [6, 6.07) is 11.9. The molecule has 0 unspecified atom stereocenters. The molecule has 10 heteroatoms. The summed E-state index contributed by atoms with van der Waals surface area (Å²) in [6.07, 6.45) is 1.66. The Balaban J connectivity index is 1.74. The summed E-state index contributed by atoms with van der Waals surface area (Å²) in [5.74, 6) is -0.329. The van der Waals surface area contributed by atoms with Crippen LogP contribution in [0.5, 0.6) is 5.75 Å². The summed E-state index contributed by atoms with van der Waals surface area (Å²) >= 11 is 7.47. The minimum Gasteiger partial charge on any atom is -0.487 e. The maximum absolute atomic E-state index is 12.6. The van der Waals surface area contributed by atoms with Crippen LogP contribution in [0.1, 0.15) is 18.1 Å². The van der Waals surface area contributed by atoms with Crippen molar-refractivity contribution in [2.75, 3.05) is 13.2 Å². The van der Waals surface area contributed by atoms with Crippen molar-refractivity contribution in [3.05, 3.63) is 63.1 Å². The summed E-state index contributed by atoms with van der Waals surface area (Å²) in [6.45, 7) is 1.94.